The predicted octanol–water partition coefficient (Wildman–Crippen LogP) is 0.0271. The summed E-state index contributed by atoms with van der Waals surface area (Å²) in [5.41, 5.74) is 5.54. The number of rotatable bonds is 4. The van der Waals surface area contributed by atoms with Crippen LogP contribution in [0, 0.1) is 5.92 Å². The largest absolute Gasteiger partial charge is 0.369 e. The normalized spacial score (nSPS) is 21.7. The number of nitrogens with two attached hydrogens (primary N) is 1. The quantitative estimate of drug-likeness (QED) is 0.802. The molecule has 1 fully saturated rings. The van der Waals surface area contributed by atoms with Gasteiger partial charge in [0.1, 0.15) is 5.82 Å². The molecule has 1 aliphatic rings. The monoisotopic (exact) mass is 269 g/mol. The topological polar surface area (TPSA) is 102 Å². The molecule has 98 valence electrons. The Hall–Kier alpha value is -1.63. The van der Waals surface area contributed by atoms with Crippen molar-refractivity contribution >= 4 is 21.6 Å². The Balaban J connectivity index is 2.01. The number of pyridine rings is 1. The maximum Gasteiger partial charge on any atom is 0.252 e. The van der Waals surface area contributed by atoms with Gasteiger partial charge in [0.25, 0.3) is 5.91 Å². The number of carbonyl (C=O) groups excluding carboxylic acids is 1. The summed E-state index contributed by atoms with van der Waals surface area (Å²) in [6, 6.07) is 3.22. The van der Waals surface area contributed by atoms with E-state index >= 15 is 0 Å². The first-order valence-electron chi connectivity index (χ1n) is 5.67. The van der Waals surface area contributed by atoms with E-state index in [1.165, 1.54) is 0 Å². The van der Waals surface area contributed by atoms with Gasteiger partial charge in [0.2, 0.25) is 0 Å². The van der Waals surface area contributed by atoms with Crippen LogP contribution in [0.15, 0.2) is 18.3 Å². The van der Waals surface area contributed by atoms with E-state index in [1.807, 2.05) is 0 Å². The van der Waals surface area contributed by atoms with Gasteiger partial charge in [0, 0.05) is 12.7 Å². The molecule has 0 bridgehead atoms. The van der Waals surface area contributed by atoms with Gasteiger partial charge in [-0.1, -0.05) is 0 Å². The van der Waals surface area contributed by atoms with E-state index in [9.17, 15) is 13.2 Å². The van der Waals surface area contributed by atoms with Crippen LogP contribution in [0.4, 0.5) is 5.82 Å². The van der Waals surface area contributed by atoms with Crippen molar-refractivity contribution in [3.8, 4) is 0 Å². The number of amides is 1. The van der Waals surface area contributed by atoms with E-state index < -0.39 is 15.7 Å². The highest BCUT2D eigenvalue weighted by atomic mass is 32.2. The Morgan fingerprint density at radius 2 is 2.33 bits per heavy atom. The lowest BCUT2D eigenvalue weighted by Gasteiger charge is -2.11. The number of sulfone groups is 1. The summed E-state index contributed by atoms with van der Waals surface area (Å²) in [6.07, 6.45) is 2.20. The van der Waals surface area contributed by atoms with Crippen molar-refractivity contribution in [2.24, 2.45) is 11.7 Å². The molecule has 2 heterocycles. The van der Waals surface area contributed by atoms with Crippen molar-refractivity contribution in [3.05, 3.63) is 23.9 Å². The zero-order valence-electron chi connectivity index (χ0n) is 9.80. The number of nitrogens with one attached hydrogen (secondary N) is 1. The van der Waals surface area contributed by atoms with Crippen LogP contribution in [-0.4, -0.2) is 37.4 Å². The molecule has 0 aromatic carbocycles. The average Bonchev–Trinajstić information content (AvgIpc) is 2.66. The summed E-state index contributed by atoms with van der Waals surface area (Å²) < 4.78 is 22.6. The molecule has 0 aliphatic carbocycles. The third-order valence-corrected chi connectivity index (χ3v) is 4.80. The molecule has 1 unspecified atom stereocenters. The van der Waals surface area contributed by atoms with Gasteiger partial charge in [-0.3, -0.25) is 4.79 Å². The predicted molar refractivity (Wildman–Crippen MR) is 68.0 cm³/mol. The maximum atomic E-state index is 11.3. The number of primary amides is 1. The second-order valence-corrected chi connectivity index (χ2v) is 6.64. The number of aromatic nitrogens is 1. The van der Waals surface area contributed by atoms with Gasteiger partial charge in [0.15, 0.2) is 9.84 Å². The van der Waals surface area contributed by atoms with E-state index in [1.54, 1.807) is 18.3 Å². The zero-order chi connectivity index (χ0) is 13.2. The molecule has 0 spiro atoms. The fourth-order valence-electron chi connectivity index (χ4n) is 2.02. The first-order chi connectivity index (χ1) is 8.48. The standard InChI is InChI=1S/C11H15N3O3S/c12-10(15)9-2-1-4-13-11(9)14-6-8-3-5-18(16,17)7-8/h1-2,4,8H,3,5-7H2,(H2,12,15)(H,13,14). The highest BCUT2D eigenvalue weighted by Gasteiger charge is 2.27. The molecule has 1 aliphatic heterocycles. The number of nitrogens with zero attached hydrogens (tertiary/aromatic N) is 1. The summed E-state index contributed by atoms with van der Waals surface area (Å²) in [5, 5.41) is 3.00. The van der Waals surface area contributed by atoms with Crippen LogP contribution < -0.4 is 11.1 Å². The van der Waals surface area contributed by atoms with Crippen molar-refractivity contribution in [2.45, 2.75) is 6.42 Å². The number of hydrogen-bond acceptors (Lipinski definition) is 5. The zero-order valence-corrected chi connectivity index (χ0v) is 10.6. The SMILES string of the molecule is NC(=O)c1cccnc1NCC1CCS(=O)(=O)C1. The maximum absolute atomic E-state index is 11.3. The van der Waals surface area contributed by atoms with Gasteiger partial charge in [-0.05, 0) is 24.5 Å². The summed E-state index contributed by atoms with van der Waals surface area (Å²) in [5.74, 6) is 0.361. The molecule has 1 aromatic rings. The van der Waals surface area contributed by atoms with Crippen molar-refractivity contribution in [2.75, 3.05) is 23.4 Å². The minimum absolute atomic E-state index is 0.0673. The average molecular weight is 269 g/mol. The van der Waals surface area contributed by atoms with Crippen LogP contribution in [-0.2, 0) is 9.84 Å². The second-order valence-electron chi connectivity index (χ2n) is 4.41. The molecule has 3 N–H and O–H groups in total. The summed E-state index contributed by atoms with van der Waals surface area (Å²) in [4.78, 5) is 15.2. The summed E-state index contributed by atoms with van der Waals surface area (Å²) in [6.45, 7) is 0.483. The summed E-state index contributed by atoms with van der Waals surface area (Å²) in [7, 11) is -2.88. The van der Waals surface area contributed by atoms with Gasteiger partial charge in [-0.2, -0.15) is 0 Å². The number of hydrogen-bond donors (Lipinski definition) is 2. The van der Waals surface area contributed by atoms with Crippen LogP contribution in [0.2, 0.25) is 0 Å². The van der Waals surface area contributed by atoms with Gasteiger partial charge in [-0.25, -0.2) is 13.4 Å². The van der Waals surface area contributed by atoms with Crippen LogP contribution in [0.5, 0.6) is 0 Å². The molecule has 1 atom stereocenters. The molecular weight excluding hydrogens is 254 g/mol. The molecule has 0 saturated carbocycles. The van der Waals surface area contributed by atoms with E-state index in [-0.39, 0.29) is 17.4 Å². The van der Waals surface area contributed by atoms with Gasteiger partial charge >= 0.3 is 0 Å². The molecular formula is C11H15N3O3S. The Labute approximate surface area is 106 Å². The van der Waals surface area contributed by atoms with Crippen LogP contribution in [0.25, 0.3) is 0 Å². The first kappa shape index (κ1) is 12.8. The van der Waals surface area contributed by atoms with Crippen molar-refractivity contribution < 1.29 is 13.2 Å². The second kappa shape index (κ2) is 4.93. The molecule has 1 aromatic heterocycles. The highest BCUT2D eigenvalue weighted by Crippen LogP contribution is 2.19. The third kappa shape index (κ3) is 2.98. The molecule has 7 heteroatoms. The minimum Gasteiger partial charge on any atom is -0.369 e. The van der Waals surface area contributed by atoms with E-state index in [0.29, 0.717) is 24.3 Å². The number of carbonyl (C=O) groups is 1. The molecule has 1 amide bonds. The van der Waals surface area contributed by atoms with Crippen LogP contribution in [0.3, 0.4) is 0 Å². The number of anilines is 1. The van der Waals surface area contributed by atoms with Crippen LogP contribution in [0.1, 0.15) is 16.8 Å². The van der Waals surface area contributed by atoms with Gasteiger partial charge < -0.3 is 11.1 Å². The highest BCUT2D eigenvalue weighted by molar-refractivity contribution is 7.91. The Kier molecular flexibility index (Phi) is 3.51. The van der Waals surface area contributed by atoms with Gasteiger partial charge in [0.05, 0.1) is 17.1 Å². The van der Waals surface area contributed by atoms with Crippen LogP contribution >= 0.6 is 0 Å². The fraction of sp³-hybridized carbons (Fsp3) is 0.455. The minimum atomic E-state index is -2.88. The Morgan fingerprint density at radius 3 is 2.94 bits per heavy atom. The molecule has 18 heavy (non-hydrogen) atoms. The third-order valence-electron chi connectivity index (χ3n) is 2.96. The smallest absolute Gasteiger partial charge is 0.252 e. The Morgan fingerprint density at radius 1 is 1.56 bits per heavy atom. The fourth-order valence-corrected chi connectivity index (χ4v) is 3.88. The lowest BCUT2D eigenvalue weighted by atomic mass is 10.1. The lowest BCUT2D eigenvalue weighted by Crippen LogP contribution is -2.20. The van der Waals surface area contributed by atoms with Crippen molar-refractivity contribution in [3.63, 3.8) is 0 Å². The summed E-state index contributed by atoms with van der Waals surface area (Å²) >= 11 is 0. The van der Waals surface area contributed by atoms with E-state index in [2.05, 4.69) is 10.3 Å². The van der Waals surface area contributed by atoms with E-state index in [4.69, 9.17) is 5.73 Å². The van der Waals surface area contributed by atoms with Crippen molar-refractivity contribution in [1.82, 2.24) is 4.98 Å². The lowest BCUT2D eigenvalue weighted by molar-refractivity contribution is 0.100. The molecule has 1 saturated heterocycles. The molecule has 2 rings (SSSR count). The van der Waals surface area contributed by atoms with E-state index in [0.717, 1.165) is 0 Å². The first-order valence-corrected chi connectivity index (χ1v) is 7.49. The Bertz CT molecular complexity index is 556. The van der Waals surface area contributed by atoms with Crippen molar-refractivity contribution in [1.29, 1.82) is 0 Å². The van der Waals surface area contributed by atoms with Gasteiger partial charge in [-0.15, -0.1) is 0 Å². The molecule has 0 radical (unpaired) electrons. The molecule has 6 nitrogen and oxygen atoms in total.